The number of amides is 1. The quantitative estimate of drug-likeness (QED) is 0.408. The molecular formula is C24H20ClN7O2. The SMILES string of the molecule is Cc1cc(NC(=O)c2ccc(Cl)cc2)n(-c2nc3c(cnn3-c3cccc(C)c3C)c(=O)[nH]2)n1. The number of hydrogen-bond donors (Lipinski definition) is 2. The summed E-state index contributed by atoms with van der Waals surface area (Å²) in [6.07, 6.45) is 1.49. The Morgan fingerprint density at radius 1 is 1.06 bits per heavy atom. The van der Waals surface area contributed by atoms with E-state index in [-0.39, 0.29) is 17.4 Å². The molecule has 3 aromatic heterocycles. The fraction of sp³-hybridized carbons (Fsp3) is 0.125. The number of fused-ring (bicyclic) bond motifs is 1. The van der Waals surface area contributed by atoms with E-state index in [9.17, 15) is 9.59 Å². The Balaban J connectivity index is 1.60. The number of rotatable bonds is 4. The van der Waals surface area contributed by atoms with Gasteiger partial charge in [-0.2, -0.15) is 19.9 Å². The smallest absolute Gasteiger partial charge is 0.263 e. The molecule has 3 heterocycles. The van der Waals surface area contributed by atoms with Crippen LogP contribution in [0.25, 0.3) is 22.7 Å². The first-order valence-corrected chi connectivity index (χ1v) is 10.9. The highest BCUT2D eigenvalue weighted by molar-refractivity contribution is 6.30. The first kappa shape index (κ1) is 21.6. The molecule has 0 bridgehead atoms. The van der Waals surface area contributed by atoms with Crippen molar-refractivity contribution in [3.8, 4) is 11.6 Å². The van der Waals surface area contributed by atoms with Crippen LogP contribution in [0.3, 0.4) is 0 Å². The molecule has 34 heavy (non-hydrogen) atoms. The molecule has 0 unspecified atom stereocenters. The van der Waals surface area contributed by atoms with Crippen molar-refractivity contribution in [3.63, 3.8) is 0 Å². The molecule has 2 aromatic carbocycles. The summed E-state index contributed by atoms with van der Waals surface area (Å²) in [5.74, 6) is 0.170. The molecule has 0 saturated heterocycles. The summed E-state index contributed by atoms with van der Waals surface area (Å²) in [7, 11) is 0. The van der Waals surface area contributed by atoms with Gasteiger partial charge in [0, 0.05) is 16.7 Å². The highest BCUT2D eigenvalue weighted by Crippen LogP contribution is 2.22. The zero-order valence-corrected chi connectivity index (χ0v) is 19.4. The Morgan fingerprint density at radius 3 is 2.59 bits per heavy atom. The van der Waals surface area contributed by atoms with Gasteiger partial charge in [-0.1, -0.05) is 23.7 Å². The van der Waals surface area contributed by atoms with E-state index >= 15 is 0 Å². The van der Waals surface area contributed by atoms with Crippen LogP contribution in [0.2, 0.25) is 5.02 Å². The number of benzene rings is 2. The maximum Gasteiger partial charge on any atom is 0.263 e. The van der Waals surface area contributed by atoms with Crippen LogP contribution in [0.15, 0.2) is 59.5 Å². The Labute approximate surface area is 199 Å². The van der Waals surface area contributed by atoms with Crippen molar-refractivity contribution in [2.24, 2.45) is 0 Å². The largest absolute Gasteiger partial charge is 0.306 e. The van der Waals surface area contributed by atoms with Gasteiger partial charge >= 0.3 is 0 Å². The van der Waals surface area contributed by atoms with Crippen LogP contribution in [0.1, 0.15) is 27.2 Å². The number of nitrogens with zero attached hydrogens (tertiary/aromatic N) is 5. The molecule has 9 nitrogen and oxygen atoms in total. The van der Waals surface area contributed by atoms with Crippen LogP contribution >= 0.6 is 11.6 Å². The first-order chi connectivity index (χ1) is 16.3. The van der Waals surface area contributed by atoms with Gasteiger partial charge < -0.3 is 5.32 Å². The van der Waals surface area contributed by atoms with Gasteiger partial charge in [-0.25, -0.2) is 4.68 Å². The van der Waals surface area contributed by atoms with Crippen molar-refractivity contribution < 1.29 is 4.79 Å². The monoisotopic (exact) mass is 473 g/mol. The average molecular weight is 474 g/mol. The van der Waals surface area contributed by atoms with Crippen LogP contribution < -0.4 is 10.9 Å². The average Bonchev–Trinajstić information content (AvgIpc) is 3.39. The van der Waals surface area contributed by atoms with E-state index in [2.05, 4.69) is 25.5 Å². The number of anilines is 1. The minimum absolute atomic E-state index is 0.157. The molecule has 0 aliphatic heterocycles. The van der Waals surface area contributed by atoms with Gasteiger partial charge in [0.1, 0.15) is 11.2 Å². The van der Waals surface area contributed by atoms with Crippen molar-refractivity contribution in [2.45, 2.75) is 20.8 Å². The Morgan fingerprint density at radius 2 is 1.82 bits per heavy atom. The van der Waals surface area contributed by atoms with Gasteiger partial charge in [-0.15, -0.1) is 0 Å². The molecule has 0 aliphatic rings. The van der Waals surface area contributed by atoms with Crippen LogP contribution in [0, 0.1) is 20.8 Å². The summed E-state index contributed by atoms with van der Waals surface area (Å²) in [5, 5.41) is 12.5. The second-order valence-electron chi connectivity index (χ2n) is 7.95. The molecule has 0 aliphatic carbocycles. The van der Waals surface area contributed by atoms with Gasteiger partial charge in [0.25, 0.3) is 11.5 Å². The maximum atomic E-state index is 12.9. The second-order valence-corrected chi connectivity index (χ2v) is 8.38. The molecule has 170 valence electrons. The third-order valence-corrected chi connectivity index (χ3v) is 5.86. The van der Waals surface area contributed by atoms with Gasteiger partial charge in [0.2, 0.25) is 5.95 Å². The van der Waals surface area contributed by atoms with E-state index in [4.69, 9.17) is 11.6 Å². The summed E-state index contributed by atoms with van der Waals surface area (Å²) < 4.78 is 3.03. The van der Waals surface area contributed by atoms with Crippen LogP contribution in [0.4, 0.5) is 5.82 Å². The molecule has 5 aromatic rings. The summed E-state index contributed by atoms with van der Waals surface area (Å²) in [4.78, 5) is 33.0. The normalized spacial score (nSPS) is 11.2. The van der Waals surface area contributed by atoms with E-state index in [1.165, 1.54) is 10.9 Å². The Hall–Kier alpha value is -4.24. The predicted octanol–water partition coefficient (Wildman–Crippen LogP) is 4.13. The minimum atomic E-state index is -0.361. The molecule has 0 radical (unpaired) electrons. The molecule has 1 amide bonds. The van der Waals surface area contributed by atoms with E-state index in [1.807, 2.05) is 32.0 Å². The number of hydrogen-bond acceptors (Lipinski definition) is 5. The van der Waals surface area contributed by atoms with E-state index < -0.39 is 0 Å². The summed E-state index contributed by atoms with van der Waals surface area (Å²) in [5.41, 5.74) is 4.04. The zero-order chi connectivity index (χ0) is 24.0. The number of carbonyl (C=O) groups excluding carboxylic acids is 1. The van der Waals surface area contributed by atoms with Crippen molar-refractivity contribution in [1.29, 1.82) is 0 Å². The fourth-order valence-corrected chi connectivity index (χ4v) is 3.81. The number of carbonyl (C=O) groups is 1. The van der Waals surface area contributed by atoms with Gasteiger partial charge in [0.15, 0.2) is 5.65 Å². The predicted molar refractivity (Wildman–Crippen MR) is 130 cm³/mol. The summed E-state index contributed by atoms with van der Waals surface area (Å²) >= 11 is 5.92. The second kappa shape index (κ2) is 8.27. The number of aromatic nitrogens is 6. The zero-order valence-electron chi connectivity index (χ0n) is 18.6. The van der Waals surface area contributed by atoms with Gasteiger partial charge in [-0.3, -0.25) is 14.6 Å². The Bertz CT molecular complexity index is 1610. The lowest BCUT2D eigenvalue weighted by Crippen LogP contribution is -2.19. The molecule has 0 spiro atoms. The van der Waals surface area contributed by atoms with E-state index in [1.54, 1.807) is 41.9 Å². The number of halogens is 1. The Kier molecular flexibility index (Phi) is 5.25. The molecule has 10 heteroatoms. The van der Waals surface area contributed by atoms with Crippen LogP contribution in [-0.2, 0) is 0 Å². The lowest BCUT2D eigenvalue weighted by molar-refractivity contribution is 0.102. The van der Waals surface area contributed by atoms with Crippen molar-refractivity contribution >= 4 is 34.4 Å². The molecule has 0 atom stereocenters. The van der Waals surface area contributed by atoms with Crippen LogP contribution in [0.5, 0.6) is 0 Å². The van der Waals surface area contributed by atoms with Gasteiger partial charge in [0.05, 0.1) is 17.6 Å². The lowest BCUT2D eigenvalue weighted by atomic mass is 10.1. The highest BCUT2D eigenvalue weighted by Gasteiger charge is 2.18. The van der Waals surface area contributed by atoms with Gasteiger partial charge in [-0.05, 0) is 62.2 Å². The lowest BCUT2D eigenvalue weighted by Gasteiger charge is -2.11. The summed E-state index contributed by atoms with van der Waals surface area (Å²) in [6.45, 7) is 5.79. The molecule has 2 N–H and O–H groups in total. The highest BCUT2D eigenvalue weighted by atomic mass is 35.5. The third-order valence-electron chi connectivity index (χ3n) is 5.61. The third kappa shape index (κ3) is 3.75. The number of aryl methyl sites for hydroxylation is 2. The van der Waals surface area contributed by atoms with Crippen LogP contribution in [-0.4, -0.2) is 35.4 Å². The topological polar surface area (TPSA) is 110 Å². The van der Waals surface area contributed by atoms with Crippen molar-refractivity contribution in [3.05, 3.63) is 92.5 Å². The maximum absolute atomic E-state index is 12.9. The molecule has 5 rings (SSSR count). The summed E-state index contributed by atoms with van der Waals surface area (Å²) in [6, 6.07) is 14.1. The minimum Gasteiger partial charge on any atom is -0.306 e. The number of aromatic amines is 1. The number of nitrogens with one attached hydrogen (secondary N) is 2. The van der Waals surface area contributed by atoms with Crippen molar-refractivity contribution in [2.75, 3.05) is 5.32 Å². The fourth-order valence-electron chi connectivity index (χ4n) is 3.69. The van der Waals surface area contributed by atoms with Crippen molar-refractivity contribution in [1.82, 2.24) is 29.5 Å². The van der Waals surface area contributed by atoms with E-state index in [0.717, 1.165) is 16.8 Å². The molecular weight excluding hydrogens is 454 g/mol. The first-order valence-electron chi connectivity index (χ1n) is 10.5. The number of H-pyrrole nitrogens is 1. The molecule has 0 saturated carbocycles. The van der Waals surface area contributed by atoms with E-state index in [0.29, 0.717) is 33.1 Å². The standard InChI is InChI=1S/C24H20ClN7O2/c1-13-5-4-6-19(15(13)3)31-21-18(12-26-31)23(34)29-24(28-21)32-20(11-14(2)30-32)27-22(33)16-7-9-17(25)10-8-16/h4-12H,1-3H3,(H,27,33)(H,28,29,34). The molecule has 0 fully saturated rings.